The van der Waals surface area contributed by atoms with Crippen LogP contribution in [0.15, 0.2) is 0 Å². The van der Waals surface area contributed by atoms with Crippen LogP contribution in [0.3, 0.4) is 0 Å². The highest BCUT2D eigenvalue weighted by atomic mass is 16.2. The van der Waals surface area contributed by atoms with Gasteiger partial charge in [0.2, 0.25) is 11.8 Å². The van der Waals surface area contributed by atoms with E-state index in [9.17, 15) is 9.59 Å². The molecule has 0 radical (unpaired) electrons. The van der Waals surface area contributed by atoms with Gasteiger partial charge in [0.05, 0.1) is 6.04 Å². The van der Waals surface area contributed by atoms with E-state index in [1.807, 2.05) is 20.8 Å². The number of nitrogens with two attached hydrogens (primary N) is 1. The largest absolute Gasteiger partial charge is 0.351 e. The Morgan fingerprint density at radius 3 is 2.61 bits per heavy atom. The fraction of sp³-hybridized carbons (Fsp3) is 0.846. The second-order valence-corrected chi connectivity index (χ2v) is 5.59. The molecule has 2 unspecified atom stereocenters. The molecule has 0 aromatic heterocycles. The van der Waals surface area contributed by atoms with Crippen LogP contribution in [-0.2, 0) is 9.59 Å². The van der Waals surface area contributed by atoms with Crippen molar-refractivity contribution in [3.8, 4) is 0 Å². The highest BCUT2D eigenvalue weighted by Gasteiger charge is 2.23. The minimum absolute atomic E-state index is 0.0437. The number of rotatable bonds is 6. The first-order chi connectivity index (χ1) is 8.40. The predicted molar refractivity (Wildman–Crippen MR) is 70.8 cm³/mol. The quantitative estimate of drug-likeness (QED) is 0.725. The molecule has 2 atom stereocenters. The smallest absolute Gasteiger partial charge is 0.237 e. The summed E-state index contributed by atoms with van der Waals surface area (Å²) in [4.78, 5) is 25.1. The normalized spacial score (nSPS) is 19.2. The van der Waals surface area contributed by atoms with Crippen LogP contribution in [0.2, 0.25) is 0 Å². The topological polar surface area (TPSA) is 75.4 Å². The Bertz CT molecular complexity index is 305. The standard InChI is InChI=1S/C13H25N3O2/c1-9(2)7-11(14)13(18)15-10(3)8-16-6-4-5-12(16)17/h9-11H,4-8,14H2,1-3H3,(H,15,18). The van der Waals surface area contributed by atoms with E-state index in [-0.39, 0.29) is 17.9 Å². The molecule has 104 valence electrons. The molecule has 1 aliphatic rings. The van der Waals surface area contributed by atoms with Gasteiger partial charge in [-0.05, 0) is 25.7 Å². The zero-order valence-electron chi connectivity index (χ0n) is 11.6. The summed E-state index contributed by atoms with van der Waals surface area (Å²) in [6.07, 6.45) is 2.24. The molecule has 1 rings (SSSR count). The van der Waals surface area contributed by atoms with Crippen LogP contribution in [0, 0.1) is 5.92 Å². The Balaban J connectivity index is 2.32. The maximum Gasteiger partial charge on any atom is 0.237 e. The van der Waals surface area contributed by atoms with Crippen molar-refractivity contribution in [2.45, 2.75) is 52.1 Å². The van der Waals surface area contributed by atoms with E-state index in [2.05, 4.69) is 5.32 Å². The molecular weight excluding hydrogens is 230 g/mol. The number of nitrogens with zero attached hydrogens (tertiary/aromatic N) is 1. The Hall–Kier alpha value is -1.10. The Labute approximate surface area is 109 Å². The van der Waals surface area contributed by atoms with Gasteiger partial charge in [-0.3, -0.25) is 9.59 Å². The number of nitrogens with one attached hydrogen (secondary N) is 1. The summed E-state index contributed by atoms with van der Waals surface area (Å²) in [7, 11) is 0. The van der Waals surface area contributed by atoms with E-state index in [4.69, 9.17) is 5.73 Å². The van der Waals surface area contributed by atoms with Gasteiger partial charge in [-0.15, -0.1) is 0 Å². The summed E-state index contributed by atoms with van der Waals surface area (Å²) < 4.78 is 0. The lowest BCUT2D eigenvalue weighted by molar-refractivity contribution is -0.129. The van der Waals surface area contributed by atoms with Crippen LogP contribution in [-0.4, -0.2) is 41.9 Å². The third kappa shape index (κ3) is 4.64. The van der Waals surface area contributed by atoms with Gasteiger partial charge in [0.25, 0.3) is 0 Å². The molecule has 1 fully saturated rings. The van der Waals surface area contributed by atoms with Gasteiger partial charge in [0, 0.05) is 25.6 Å². The van der Waals surface area contributed by atoms with Crippen LogP contribution in [0.25, 0.3) is 0 Å². The number of hydrogen-bond acceptors (Lipinski definition) is 3. The van der Waals surface area contributed by atoms with Crippen molar-refractivity contribution in [1.29, 1.82) is 0 Å². The van der Waals surface area contributed by atoms with Crippen LogP contribution < -0.4 is 11.1 Å². The minimum atomic E-state index is -0.457. The summed E-state index contributed by atoms with van der Waals surface area (Å²) >= 11 is 0. The zero-order valence-corrected chi connectivity index (χ0v) is 11.6. The van der Waals surface area contributed by atoms with E-state index in [1.165, 1.54) is 0 Å². The first-order valence-corrected chi connectivity index (χ1v) is 6.74. The highest BCUT2D eigenvalue weighted by Crippen LogP contribution is 2.10. The number of amides is 2. The second kappa shape index (κ2) is 6.73. The van der Waals surface area contributed by atoms with Gasteiger partial charge in [0.1, 0.15) is 0 Å². The molecule has 18 heavy (non-hydrogen) atoms. The van der Waals surface area contributed by atoms with E-state index in [0.29, 0.717) is 25.3 Å². The first-order valence-electron chi connectivity index (χ1n) is 6.74. The highest BCUT2D eigenvalue weighted by molar-refractivity contribution is 5.82. The van der Waals surface area contributed by atoms with Crippen molar-refractivity contribution in [3.05, 3.63) is 0 Å². The van der Waals surface area contributed by atoms with E-state index < -0.39 is 6.04 Å². The van der Waals surface area contributed by atoms with Gasteiger partial charge in [-0.25, -0.2) is 0 Å². The van der Waals surface area contributed by atoms with Crippen molar-refractivity contribution in [2.24, 2.45) is 11.7 Å². The maximum atomic E-state index is 11.8. The van der Waals surface area contributed by atoms with Gasteiger partial charge < -0.3 is 16.0 Å². The van der Waals surface area contributed by atoms with Crippen molar-refractivity contribution in [3.63, 3.8) is 0 Å². The van der Waals surface area contributed by atoms with Gasteiger partial charge in [-0.2, -0.15) is 0 Å². The SMILES string of the molecule is CC(C)CC(N)C(=O)NC(C)CN1CCCC1=O. The molecule has 5 heteroatoms. The molecule has 0 saturated carbocycles. The number of carbonyl (C=O) groups is 2. The molecule has 5 nitrogen and oxygen atoms in total. The maximum absolute atomic E-state index is 11.8. The Morgan fingerprint density at radius 2 is 2.11 bits per heavy atom. The van der Waals surface area contributed by atoms with Crippen LogP contribution >= 0.6 is 0 Å². The lowest BCUT2D eigenvalue weighted by Gasteiger charge is -2.23. The monoisotopic (exact) mass is 255 g/mol. The molecule has 0 bridgehead atoms. The molecule has 3 N–H and O–H groups in total. The number of likely N-dealkylation sites (tertiary alicyclic amines) is 1. The molecule has 1 saturated heterocycles. The van der Waals surface area contributed by atoms with Crippen molar-refractivity contribution in [1.82, 2.24) is 10.2 Å². The van der Waals surface area contributed by atoms with Crippen molar-refractivity contribution < 1.29 is 9.59 Å². The van der Waals surface area contributed by atoms with E-state index in [1.54, 1.807) is 4.90 Å². The Morgan fingerprint density at radius 1 is 1.44 bits per heavy atom. The van der Waals surface area contributed by atoms with E-state index >= 15 is 0 Å². The fourth-order valence-electron chi connectivity index (χ4n) is 2.24. The summed E-state index contributed by atoms with van der Waals surface area (Å²) in [6, 6.07) is -0.500. The summed E-state index contributed by atoms with van der Waals surface area (Å²) in [5.41, 5.74) is 5.81. The summed E-state index contributed by atoms with van der Waals surface area (Å²) in [6.45, 7) is 7.38. The van der Waals surface area contributed by atoms with Gasteiger partial charge in [-0.1, -0.05) is 13.8 Å². The molecule has 1 heterocycles. The lowest BCUT2D eigenvalue weighted by Crippen LogP contribution is -2.48. The molecule has 0 spiro atoms. The second-order valence-electron chi connectivity index (χ2n) is 5.59. The summed E-state index contributed by atoms with van der Waals surface area (Å²) in [5.74, 6) is 0.464. The number of carbonyl (C=O) groups excluding carboxylic acids is 2. The van der Waals surface area contributed by atoms with Crippen LogP contribution in [0.5, 0.6) is 0 Å². The summed E-state index contributed by atoms with van der Waals surface area (Å²) in [5, 5.41) is 2.87. The third-order valence-electron chi connectivity index (χ3n) is 3.12. The zero-order chi connectivity index (χ0) is 13.7. The molecule has 0 aromatic rings. The minimum Gasteiger partial charge on any atom is -0.351 e. The number of hydrogen-bond donors (Lipinski definition) is 2. The van der Waals surface area contributed by atoms with Crippen LogP contribution in [0.1, 0.15) is 40.0 Å². The van der Waals surface area contributed by atoms with Crippen molar-refractivity contribution in [2.75, 3.05) is 13.1 Å². The van der Waals surface area contributed by atoms with E-state index in [0.717, 1.165) is 13.0 Å². The first kappa shape index (κ1) is 15.0. The van der Waals surface area contributed by atoms with Gasteiger partial charge >= 0.3 is 0 Å². The molecular formula is C13H25N3O2. The predicted octanol–water partition coefficient (Wildman–Crippen LogP) is 0.487. The third-order valence-corrected chi connectivity index (χ3v) is 3.12. The Kier molecular flexibility index (Phi) is 5.59. The average molecular weight is 255 g/mol. The molecule has 0 aromatic carbocycles. The molecule has 2 amide bonds. The molecule has 1 aliphatic heterocycles. The van der Waals surface area contributed by atoms with Gasteiger partial charge in [0.15, 0.2) is 0 Å². The van der Waals surface area contributed by atoms with Crippen molar-refractivity contribution >= 4 is 11.8 Å². The lowest BCUT2D eigenvalue weighted by atomic mass is 10.0. The van der Waals surface area contributed by atoms with Crippen LogP contribution in [0.4, 0.5) is 0 Å². The molecule has 0 aliphatic carbocycles. The fourth-order valence-corrected chi connectivity index (χ4v) is 2.24. The average Bonchev–Trinajstić information content (AvgIpc) is 2.63.